The van der Waals surface area contributed by atoms with Crippen LogP contribution < -0.4 is 9.47 Å². The number of aromatic carboxylic acids is 1. The summed E-state index contributed by atoms with van der Waals surface area (Å²) in [7, 11) is 0. The fourth-order valence-corrected chi connectivity index (χ4v) is 4.27. The summed E-state index contributed by atoms with van der Waals surface area (Å²) in [6.45, 7) is 1.76. The number of carboxylic acids is 1. The number of piperidine rings is 1. The number of H-pyrrole nitrogens is 1. The second kappa shape index (κ2) is 10.9. The van der Waals surface area contributed by atoms with Crippen molar-refractivity contribution in [1.82, 2.24) is 14.9 Å². The summed E-state index contributed by atoms with van der Waals surface area (Å²) >= 11 is 1.61. The molecule has 0 bridgehead atoms. The number of imidazole rings is 1. The number of nitrogens with zero attached hydrogens (tertiary/aromatic N) is 2. The number of aromatic nitrogens is 2. The molecule has 1 saturated heterocycles. The number of carbonyl (C=O) groups excluding carboxylic acids is 1. The van der Waals surface area contributed by atoms with Gasteiger partial charge < -0.3 is 24.5 Å². The lowest BCUT2D eigenvalue weighted by Gasteiger charge is -2.31. The smallest absolute Gasteiger partial charge is 0.415 e. The maximum Gasteiger partial charge on any atom is 0.415 e. The number of likely N-dealkylation sites (tertiary alicyclic amines) is 1. The molecular weight excluding hydrogens is 442 g/mol. The molecule has 0 saturated carbocycles. The average Bonchev–Trinajstić information content (AvgIpc) is 3.37. The first kappa shape index (κ1) is 22.7. The first-order valence-corrected chi connectivity index (χ1v) is 11.7. The van der Waals surface area contributed by atoms with Gasteiger partial charge in [-0.1, -0.05) is 23.9 Å². The van der Waals surface area contributed by atoms with Crippen LogP contribution in [-0.2, 0) is 5.75 Å². The van der Waals surface area contributed by atoms with E-state index in [9.17, 15) is 9.59 Å². The Kier molecular flexibility index (Phi) is 7.51. The third-order valence-corrected chi connectivity index (χ3v) is 6.41. The monoisotopic (exact) mass is 467 g/mol. The van der Waals surface area contributed by atoms with E-state index >= 15 is 0 Å². The maximum atomic E-state index is 12.5. The molecule has 172 valence electrons. The number of carbonyl (C=O) groups is 2. The molecule has 0 unspecified atom stereocenters. The number of thioether (sulfide) groups is 1. The quantitative estimate of drug-likeness (QED) is 0.463. The SMILES string of the molecule is O=C(O)c1ccc(OCC2CCN(C(=O)Oc3ccc(CSc4ncc[nH]4)cc3)CC2)cc1. The summed E-state index contributed by atoms with van der Waals surface area (Å²) in [4.78, 5) is 32.4. The van der Waals surface area contributed by atoms with E-state index in [0.717, 1.165) is 29.3 Å². The molecule has 8 nitrogen and oxygen atoms in total. The highest BCUT2D eigenvalue weighted by Crippen LogP contribution is 2.23. The minimum atomic E-state index is -0.958. The molecule has 1 fully saturated rings. The first-order valence-electron chi connectivity index (χ1n) is 10.7. The molecule has 1 amide bonds. The molecule has 0 radical (unpaired) electrons. The van der Waals surface area contributed by atoms with Gasteiger partial charge in [0.15, 0.2) is 5.16 Å². The van der Waals surface area contributed by atoms with E-state index in [1.165, 1.54) is 12.1 Å². The van der Waals surface area contributed by atoms with Crippen molar-refractivity contribution in [3.8, 4) is 11.5 Å². The number of rotatable bonds is 8. The lowest BCUT2D eigenvalue weighted by molar-refractivity contribution is 0.0696. The normalized spacial score (nSPS) is 14.1. The highest BCUT2D eigenvalue weighted by atomic mass is 32.2. The highest BCUT2D eigenvalue weighted by Gasteiger charge is 2.24. The zero-order valence-electron chi connectivity index (χ0n) is 18.0. The fraction of sp³-hybridized carbons (Fsp3) is 0.292. The van der Waals surface area contributed by atoms with Gasteiger partial charge in [0.1, 0.15) is 11.5 Å². The predicted molar refractivity (Wildman–Crippen MR) is 124 cm³/mol. The molecule has 1 aromatic heterocycles. The van der Waals surface area contributed by atoms with Gasteiger partial charge in [-0.2, -0.15) is 0 Å². The molecular formula is C24H25N3O5S. The number of hydrogen-bond acceptors (Lipinski definition) is 6. The highest BCUT2D eigenvalue weighted by molar-refractivity contribution is 7.98. The van der Waals surface area contributed by atoms with Gasteiger partial charge in [-0.15, -0.1) is 0 Å². The van der Waals surface area contributed by atoms with Gasteiger partial charge in [0.2, 0.25) is 0 Å². The van der Waals surface area contributed by atoms with Crippen LogP contribution in [-0.4, -0.2) is 51.7 Å². The lowest BCUT2D eigenvalue weighted by atomic mass is 9.98. The van der Waals surface area contributed by atoms with Crippen LogP contribution >= 0.6 is 11.8 Å². The van der Waals surface area contributed by atoms with E-state index in [-0.39, 0.29) is 11.7 Å². The van der Waals surface area contributed by atoms with E-state index in [2.05, 4.69) is 9.97 Å². The van der Waals surface area contributed by atoms with Gasteiger partial charge in [-0.05, 0) is 60.7 Å². The Morgan fingerprint density at radius 2 is 1.76 bits per heavy atom. The molecule has 1 aliphatic rings. The zero-order valence-corrected chi connectivity index (χ0v) is 18.8. The van der Waals surface area contributed by atoms with Crippen LogP contribution in [0.4, 0.5) is 4.79 Å². The molecule has 9 heteroatoms. The van der Waals surface area contributed by atoms with Crippen LogP contribution in [0, 0.1) is 5.92 Å². The average molecular weight is 468 g/mol. The van der Waals surface area contributed by atoms with E-state index in [1.807, 2.05) is 24.3 Å². The minimum Gasteiger partial charge on any atom is -0.493 e. The third kappa shape index (κ3) is 6.52. The van der Waals surface area contributed by atoms with Crippen molar-refractivity contribution >= 4 is 23.8 Å². The largest absolute Gasteiger partial charge is 0.493 e. The van der Waals surface area contributed by atoms with Crippen molar-refractivity contribution in [3.63, 3.8) is 0 Å². The van der Waals surface area contributed by atoms with Crippen LogP contribution in [0.2, 0.25) is 0 Å². The number of benzene rings is 2. The molecule has 2 aromatic carbocycles. The third-order valence-electron chi connectivity index (χ3n) is 5.44. The van der Waals surface area contributed by atoms with E-state index < -0.39 is 5.97 Å². The van der Waals surface area contributed by atoms with Gasteiger partial charge >= 0.3 is 12.1 Å². The Morgan fingerprint density at radius 3 is 2.39 bits per heavy atom. The maximum absolute atomic E-state index is 12.5. The van der Waals surface area contributed by atoms with Crippen molar-refractivity contribution in [2.45, 2.75) is 23.8 Å². The van der Waals surface area contributed by atoms with Crippen LogP contribution in [0.3, 0.4) is 0 Å². The summed E-state index contributed by atoms with van der Waals surface area (Å²) in [5, 5.41) is 9.82. The van der Waals surface area contributed by atoms with Gasteiger partial charge in [0.25, 0.3) is 0 Å². The number of aromatic amines is 1. The first-order chi connectivity index (χ1) is 16.1. The molecule has 2 N–H and O–H groups in total. The van der Waals surface area contributed by atoms with Crippen LogP contribution in [0.25, 0.3) is 0 Å². The summed E-state index contributed by atoms with van der Waals surface area (Å²) < 4.78 is 11.3. The van der Waals surface area contributed by atoms with Crippen molar-refractivity contribution in [2.24, 2.45) is 5.92 Å². The predicted octanol–water partition coefficient (Wildman–Crippen LogP) is 4.69. The zero-order chi connectivity index (χ0) is 23.0. The molecule has 0 aliphatic carbocycles. The number of hydrogen-bond donors (Lipinski definition) is 2. The molecule has 2 heterocycles. The van der Waals surface area contributed by atoms with Gasteiger partial charge in [-0.3, -0.25) is 0 Å². The topological polar surface area (TPSA) is 105 Å². The Balaban J connectivity index is 1.18. The molecule has 4 rings (SSSR count). The Bertz CT molecular complexity index is 1050. The van der Waals surface area contributed by atoms with Crippen molar-refractivity contribution in [3.05, 3.63) is 72.1 Å². The van der Waals surface area contributed by atoms with Crippen molar-refractivity contribution in [2.75, 3.05) is 19.7 Å². The number of nitrogens with one attached hydrogen (secondary N) is 1. The molecule has 0 spiro atoms. The Labute approximate surface area is 195 Å². The summed E-state index contributed by atoms with van der Waals surface area (Å²) in [5.74, 6) is 1.33. The Hall–Kier alpha value is -3.46. The number of amides is 1. The molecule has 0 atom stereocenters. The van der Waals surface area contributed by atoms with Crippen LogP contribution in [0.15, 0.2) is 66.1 Å². The summed E-state index contributed by atoms with van der Waals surface area (Å²) in [6.07, 6.45) is 4.83. The molecule has 3 aromatic rings. The number of carboxylic acid groups (broad SMARTS) is 1. The van der Waals surface area contributed by atoms with Crippen LogP contribution in [0.5, 0.6) is 11.5 Å². The van der Waals surface area contributed by atoms with Crippen molar-refractivity contribution in [1.29, 1.82) is 0 Å². The second-order valence-electron chi connectivity index (χ2n) is 7.77. The van der Waals surface area contributed by atoms with E-state index in [1.54, 1.807) is 41.2 Å². The second-order valence-corrected chi connectivity index (χ2v) is 8.73. The van der Waals surface area contributed by atoms with Gasteiger partial charge in [0, 0.05) is 31.2 Å². The van der Waals surface area contributed by atoms with E-state index in [4.69, 9.17) is 14.6 Å². The van der Waals surface area contributed by atoms with Crippen LogP contribution in [0.1, 0.15) is 28.8 Å². The molecule has 33 heavy (non-hydrogen) atoms. The van der Waals surface area contributed by atoms with E-state index in [0.29, 0.717) is 37.1 Å². The number of ether oxygens (including phenoxy) is 2. The molecule has 1 aliphatic heterocycles. The fourth-order valence-electron chi connectivity index (χ4n) is 3.49. The Morgan fingerprint density at radius 1 is 1.06 bits per heavy atom. The minimum absolute atomic E-state index is 0.233. The summed E-state index contributed by atoms with van der Waals surface area (Å²) in [6, 6.07) is 13.9. The standard InChI is InChI=1S/C24H25N3O5S/c28-22(29)19-3-7-20(8-4-19)31-15-17-9-13-27(14-10-17)24(30)32-21-5-1-18(2-6-21)16-33-23-25-11-12-26-23/h1-8,11-12,17H,9-10,13-16H2,(H,25,26)(H,28,29). The van der Waals surface area contributed by atoms with Gasteiger partial charge in [0.05, 0.1) is 12.2 Å². The van der Waals surface area contributed by atoms with Gasteiger partial charge in [-0.25, -0.2) is 14.6 Å². The lowest BCUT2D eigenvalue weighted by Crippen LogP contribution is -2.41. The summed E-state index contributed by atoms with van der Waals surface area (Å²) in [5.41, 5.74) is 1.35. The van der Waals surface area contributed by atoms with Crippen molar-refractivity contribution < 1.29 is 24.2 Å².